The number of rotatable bonds is 5. The monoisotopic (exact) mass is 249 g/mol. The predicted octanol–water partition coefficient (Wildman–Crippen LogP) is 1.08. The molecule has 0 bridgehead atoms. The number of carbonyl (C=O) groups is 1. The standard InChI is InChI=1S/C8H12ClN3O2S/c1-2-5(13)3-4-10-6(14)7-11-12-8(9)15-7/h5,13H,2-4H2,1H3,(H,10,14). The number of hydrogen-bond donors (Lipinski definition) is 2. The lowest BCUT2D eigenvalue weighted by atomic mass is 10.2. The van der Waals surface area contributed by atoms with Crippen molar-refractivity contribution in [2.45, 2.75) is 25.9 Å². The molecule has 0 aliphatic rings. The van der Waals surface area contributed by atoms with Crippen molar-refractivity contribution in [2.75, 3.05) is 6.54 Å². The normalized spacial score (nSPS) is 12.5. The minimum absolute atomic E-state index is 0.242. The summed E-state index contributed by atoms with van der Waals surface area (Å²) in [4.78, 5) is 11.4. The summed E-state index contributed by atoms with van der Waals surface area (Å²) in [7, 11) is 0. The third-order valence-electron chi connectivity index (χ3n) is 1.83. The van der Waals surface area contributed by atoms with Gasteiger partial charge in [0.15, 0.2) is 0 Å². The molecule has 0 spiro atoms. The molecule has 0 saturated heterocycles. The molecule has 1 unspecified atom stereocenters. The zero-order valence-corrected chi connectivity index (χ0v) is 9.81. The van der Waals surface area contributed by atoms with E-state index in [4.69, 9.17) is 11.6 Å². The second-order valence-electron chi connectivity index (χ2n) is 2.97. The van der Waals surface area contributed by atoms with Gasteiger partial charge in [0, 0.05) is 6.54 Å². The van der Waals surface area contributed by atoms with E-state index in [2.05, 4.69) is 15.5 Å². The van der Waals surface area contributed by atoms with Crippen molar-refractivity contribution >= 4 is 28.8 Å². The van der Waals surface area contributed by atoms with E-state index >= 15 is 0 Å². The fourth-order valence-corrected chi connectivity index (χ4v) is 1.67. The summed E-state index contributed by atoms with van der Waals surface area (Å²) in [6, 6.07) is 0. The summed E-state index contributed by atoms with van der Waals surface area (Å²) in [5.74, 6) is -0.303. The number of nitrogens with zero attached hydrogens (tertiary/aromatic N) is 2. The van der Waals surface area contributed by atoms with E-state index < -0.39 is 0 Å². The van der Waals surface area contributed by atoms with E-state index in [-0.39, 0.29) is 21.5 Å². The number of aliphatic hydroxyl groups excluding tert-OH is 1. The van der Waals surface area contributed by atoms with Crippen molar-refractivity contribution in [1.29, 1.82) is 0 Å². The second kappa shape index (κ2) is 5.99. The lowest BCUT2D eigenvalue weighted by molar-refractivity contribution is 0.0941. The maximum Gasteiger partial charge on any atom is 0.282 e. The van der Waals surface area contributed by atoms with Crippen molar-refractivity contribution < 1.29 is 9.90 Å². The molecule has 1 aromatic rings. The largest absolute Gasteiger partial charge is 0.393 e. The molecule has 1 atom stereocenters. The van der Waals surface area contributed by atoms with Crippen LogP contribution in [0.15, 0.2) is 0 Å². The molecule has 0 aromatic carbocycles. The van der Waals surface area contributed by atoms with Crippen LogP contribution >= 0.6 is 22.9 Å². The van der Waals surface area contributed by atoms with Gasteiger partial charge in [-0.15, -0.1) is 10.2 Å². The Hall–Kier alpha value is -0.720. The molecule has 5 nitrogen and oxygen atoms in total. The maximum atomic E-state index is 11.4. The second-order valence-corrected chi connectivity index (χ2v) is 4.53. The minimum atomic E-state index is -0.372. The topological polar surface area (TPSA) is 75.1 Å². The molecular formula is C8H12ClN3O2S. The van der Waals surface area contributed by atoms with Gasteiger partial charge in [-0.25, -0.2) is 0 Å². The van der Waals surface area contributed by atoms with E-state index in [0.29, 0.717) is 19.4 Å². The van der Waals surface area contributed by atoms with Crippen molar-refractivity contribution in [1.82, 2.24) is 15.5 Å². The Morgan fingerprint density at radius 1 is 1.67 bits per heavy atom. The molecule has 1 rings (SSSR count). The summed E-state index contributed by atoms with van der Waals surface area (Å²) in [6.45, 7) is 2.31. The summed E-state index contributed by atoms with van der Waals surface area (Å²) >= 11 is 6.57. The maximum absolute atomic E-state index is 11.4. The number of hydrogen-bond acceptors (Lipinski definition) is 5. The van der Waals surface area contributed by atoms with Crippen LogP contribution in [0.3, 0.4) is 0 Å². The highest BCUT2D eigenvalue weighted by molar-refractivity contribution is 7.17. The fraction of sp³-hybridized carbons (Fsp3) is 0.625. The van der Waals surface area contributed by atoms with Gasteiger partial charge in [-0.1, -0.05) is 18.3 Å². The fourth-order valence-electron chi connectivity index (χ4n) is 0.929. The van der Waals surface area contributed by atoms with Gasteiger partial charge in [0.1, 0.15) is 0 Å². The van der Waals surface area contributed by atoms with Gasteiger partial charge in [0.05, 0.1) is 6.10 Å². The van der Waals surface area contributed by atoms with Crippen molar-refractivity contribution in [3.8, 4) is 0 Å². The molecule has 0 fully saturated rings. The molecule has 7 heteroatoms. The minimum Gasteiger partial charge on any atom is -0.393 e. The number of nitrogens with one attached hydrogen (secondary N) is 1. The molecule has 2 N–H and O–H groups in total. The van der Waals surface area contributed by atoms with E-state index in [0.717, 1.165) is 11.3 Å². The van der Waals surface area contributed by atoms with Gasteiger partial charge >= 0.3 is 0 Å². The smallest absolute Gasteiger partial charge is 0.282 e. The van der Waals surface area contributed by atoms with Crippen molar-refractivity contribution in [3.05, 3.63) is 9.47 Å². The average Bonchev–Trinajstić information content (AvgIpc) is 2.64. The lowest BCUT2D eigenvalue weighted by Crippen LogP contribution is -2.26. The van der Waals surface area contributed by atoms with Crippen LogP contribution in [0.4, 0.5) is 0 Å². The van der Waals surface area contributed by atoms with Crippen LogP contribution in [-0.4, -0.2) is 33.9 Å². The Kier molecular flexibility index (Phi) is 4.93. The highest BCUT2D eigenvalue weighted by Gasteiger charge is 2.11. The summed E-state index contributed by atoms with van der Waals surface area (Å²) in [5.41, 5.74) is 0. The molecule has 84 valence electrons. The number of aliphatic hydroxyl groups is 1. The Labute approximate surface area is 96.5 Å². The van der Waals surface area contributed by atoms with Crippen LogP contribution in [0.2, 0.25) is 4.47 Å². The number of carbonyl (C=O) groups excluding carboxylic acids is 1. The van der Waals surface area contributed by atoms with Gasteiger partial charge in [-0.2, -0.15) is 0 Å². The average molecular weight is 250 g/mol. The van der Waals surface area contributed by atoms with Crippen molar-refractivity contribution in [2.24, 2.45) is 0 Å². The first-order chi connectivity index (χ1) is 7.13. The van der Waals surface area contributed by atoms with E-state index in [9.17, 15) is 9.90 Å². The van der Waals surface area contributed by atoms with E-state index in [1.807, 2.05) is 6.92 Å². The van der Waals surface area contributed by atoms with Crippen LogP contribution < -0.4 is 5.32 Å². The predicted molar refractivity (Wildman–Crippen MR) is 58.2 cm³/mol. The van der Waals surface area contributed by atoms with Gasteiger partial charge in [-0.05, 0) is 24.4 Å². The van der Waals surface area contributed by atoms with Crippen LogP contribution in [0, 0.1) is 0 Å². The molecule has 1 amide bonds. The summed E-state index contributed by atoms with van der Waals surface area (Å²) in [5, 5.41) is 19.2. The number of amides is 1. The van der Waals surface area contributed by atoms with Crippen LogP contribution in [-0.2, 0) is 0 Å². The first-order valence-corrected chi connectivity index (χ1v) is 5.78. The Bertz CT molecular complexity index is 331. The Morgan fingerprint density at radius 3 is 2.93 bits per heavy atom. The zero-order valence-electron chi connectivity index (χ0n) is 8.23. The third kappa shape index (κ3) is 4.11. The van der Waals surface area contributed by atoms with Gasteiger partial charge in [0.2, 0.25) is 9.47 Å². The molecule has 0 aliphatic carbocycles. The van der Waals surface area contributed by atoms with E-state index in [1.165, 1.54) is 0 Å². The Balaban J connectivity index is 2.31. The van der Waals surface area contributed by atoms with Gasteiger partial charge in [-0.3, -0.25) is 4.79 Å². The van der Waals surface area contributed by atoms with E-state index in [1.54, 1.807) is 0 Å². The van der Waals surface area contributed by atoms with Gasteiger partial charge < -0.3 is 10.4 Å². The molecule has 1 aromatic heterocycles. The highest BCUT2D eigenvalue weighted by Crippen LogP contribution is 2.14. The van der Waals surface area contributed by atoms with Crippen molar-refractivity contribution in [3.63, 3.8) is 0 Å². The zero-order chi connectivity index (χ0) is 11.3. The highest BCUT2D eigenvalue weighted by atomic mass is 35.5. The summed E-state index contributed by atoms with van der Waals surface area (Å²) < 4.78 is 0.244. The molecule has 1 heterocycles. The quantitative estimate of drug-likeness (QED) is 0.819. The Morgan fingerprint density at radius 2 is 2.40 bits per heavy atom. The lowest BCUT2D eigenvalue weighted by Gasteiger charge is -2.07. The third-order valence-corrected chi connectivity index (χ3v) is 2.85. The SMILES string of the molecule is CCC(O)CCNC(=O)c1nnc(Cl)s1. The molecule has 0 saturated carbocycles. The number of halogens is 1. The molecule has 15 heavy (non-hydrogen) atoms. The summed E-state index contributed by atoms with van der Waals surface area (Å²) in [6.07, 6.45) is 0.846. The first kappa shape index (κ1) is 12.4. The van der Waals surface area contributed by atoms with Crippen LogP contribution in [0.5, 0.6) is 0 Å². The molecular weight excluding hydrogens is 238 g/mol. The number of aromatic nitrogens is 2. The van der Waals surface area contributed by atoms with Gasteiger partial charge in [0.25, 0.3) is 5.91 Å². The molecule has 0 aliphatic heterocycles. The van der Waals surface area contributed by atoms with Crippen LogP contribution in [0.25, 0.3) is 0 Å². The first-order valence-electron chi connectivity index (χ1n) is 4.58. The molecule has 0 radical (unpaired) electrons. The van der Waals surface area contributed by atoms with Crippen LogP contribution in [0.1, 0.15) is 29.6 Å².